The smallest absolute Gasteiger partial charge is 0.312 e. The van der Waals surface area contributed by atoms with Gasteiger partial charge in [-0.05, 0) is 47.6 Å². The molecule has 0 radical (unpaired) electrons. The van der Waals surface area contributed by atoms with Crippen LogP contribution in [0.2, 0.25) is 0 Å². The number of methoxy groups -OCH3 is 1. The zero-order chi connectivity index (χ0) is 14.4. The lowest BCUT2D eigenvalue weighted by atomic mass is 8.92. The molecule has 6 aliphatic carbocycles. The Labute approximate surface area is 127 Å². The molecule has 1 aromatic heterocycles. The Hall–Kier alpha value is -1.90. The number of benzene rings is 1. The van der Waals surface area contributed by atoms with Crippen LogP contribution in [0.3, 0.4) is 0 Å². The number of pyridine rings is 1. The summed E-state index contributed by atoms with van der Waals surface area (Å²) in [6, 6.07) is 12.8. The summed E-state index contributed by atoms with van der Waals surface area (Å²) in [5, 5.41) is 1.22. The van der Waals surface area contributed by atoms with Crippen molar-refractivity contribution < 1.29 is 9.53 Å². The monoisotopic (exact) mass is 289 g/mol. The van der Waals surface area contributed by atoms with E-state index in [1.165, 1.54) is 11.1 Å². The van der Waals surface area contributed by atoms with E-state index in [0.29, 0.717) is 23.2 Å². The number of ether oxygens (including phenoxy) is 1. The van der Waals surface area contributed by atoms with E-state index in [1.807, 2.05) is 0 Å². The summed E-state index contributed by atoms with van der Waals surface area (Å²) in [5.41, 5.74) is 2.72. The zero-order valence-corrected chi connectivity index (χ0v) is 12.2. The third-order valence-electron chi connectivity index (χ3n) is 8.21. The molecule has 0 N–H and O–H groups in total. The number of esters is 1. The van der Waals surface area contributed by atoms with Gasteiger partial charge in [-0.25, -0.2) is 0 Å². The molecular weight excluding hydrogens is 274 g/mol. The number of aromatic nitrogens is 1. The highest BCUT2D eigenvalue weighted by molar-refractivity contribution is 5.90. The Morgan fingerprint density at radius 2 is 1.68 bits per heavy atom. The van der Waals surface area contributed by atoms with Gasteiger partial charge >= 0.3 is 5.97 Å². The summed E-state index contributed by atoms with van der Waals surface area (Å²) < 4.78 is 5.10. The van der Waals surface area contributed by atoms with Crippen LogP contribution in [0.4, 0.5) is 0 Å². The molecule has 108 valence electrons. The van der Waals surface area contributed by atoms with Crippen molar-refractivity contribution in [2.45, 2.75) is 5.41 Å². The molecule has 22 heavy (non-hydrogen) atoms. The van der Waals surface area contributed by atoms with Crippen LogP contribution in [0.25, 0.3) is 10.9 Å². The molecule has 3 heteroatoms. The van der Waals surface area contributed by atoms with Crippen molar-refractivity contribution in [2.75, 3.05) is 7.11 Å². The molecule has 1 heterocycles. The molecule has 0 bridgehead atoms. The number of hydrogen-bond acceptors (Lipinski definition) is 3. The first kappa shape index (κ1) is 10.8. The molecule has 0 amide bonds. The zero-order valence-electron chi connectivity index (χ0n) is 12.2. The van der Waals surface area contributed by atoms with Crippen LogP contribution >= 0.6 is 0 Å². The lowest BCUT2D eigenvalue weighted by Gasteiger charge is -3.10. The molecule has 8 rings (SSSR count). The van der Waals surface area contributed by atoms with E-state index in [2.05, 4.69) is 36.4 Å². The standard InChI is InChI=1S/C19H15NO2/c1-22-17(21)19-14-11-15(19)13-16(19)12(14)18(11,13)10-7-6-8-4-2-3-5-9(8)20-10/h2-7,11-16H,1H3. The molecular formula is C19H15NO2. The summed E-state index contributed by atoms with van der Waals surface area (Å²) >= 11 is 0. The number of para-hydroxylation sites is 1. The maximum atomic E-state index is 12.2. The van der Waals surface area contributed by atoms with Gasteiger partial charge in [-0.1, -0.05) is 24.3 Å². The molecule has 6 saturated carbocycles. The highest BCUT2D eigenvalue weighted by atomic mass is 16.5. The van der Waals surface area contributed by atoms with E-state index in [9.17, 15) is 4.79 Å². The van der Waals surface area contributed by atoms with Crippen molar-refractivity contribution in [3.63, 3.8) is 0 Å². The quantitative estimate of drug-likeness (QED) is 0.797. The van der Waals surface area contributed by atoms with Crippen LogP contribution in [0.5, 0.6) is 0 Å². The minimum absolute atomic E-state index is 0.0344. The first-order chi connectivity index (χ1) is 10.8. The van der Waals surface area contributed by atoms with Crippen LogP contribution in [0, 0.1) is 40.9 Å². The summed E-state index contributed by atoms with van der Waals surface area (Å²) in [7, 11) is 1.55. The second-order valence-electron chi connectivity index (χ2n) is 7.90. The van der Waals surface area contributed by atoms with E-state index in [0.717, 1.165) is 23.3 Å². The Morgan fingerprint density at radius 1 is 1.00 bits per heavy atom. The number of carbonyl (C=O) groups excluding carboxylic acids is 1. The average Bonchev–Trinajstić information content (AvgIpc) is 2.60. The highest BCUT2D eigenvalue weighted by Crippen LogP contribution is 3.09. The normalized spacial score (nSPS) is 53.3. The minimum Gasteiger partial charge on any atom is -0.469 e. The molecule has 0 atom stereocenters. The van der Waals surface area contributed by atoms with Gasteiger partial charge in [-0.2, -0.15) is 0 Å². The van der Waals surface area contributed by atoms with Gasteiger partial charge in [0.15, 0.2) is 0 Å². The number of nitrogens with zero attached hydrogens (tertiary/aromatic N) is 1. The molecule has 0 spiro atoms. The second kappa shape index (κ2) is 2.70. The Balaban J connectivity index is 1.34. The van der Waals surface area contributed by atoms with Gasteiger partial charge in [-0.3, -0.25) is 9.78 Å². The van der Waals surface area contributed by atoms with Crippen LogP contribution in [-0.2, 0) is 14.9 Å². The summed E-state index contributed by atoms with van der Waals surface area (Å²) in [6.45, 7) is 0. The third-order valence-corrected chi connectivity index (χ3v) is 8.21. The predicted molar refractivity (Wildman–Crippen MR) is 78.8 cm³/mol. The number of fused-ring (bicyclic) bond motifs is 1. The van der Waals surface area contributed by atoms with E-state index in [4.69, 9.17) is 9.72 Å². The van der Waals surface area contributed by atoms with Crippen LogP contribution in [-0.4, -0.2) is 18.1 Å². The van der Waals surface area contributed by atoms with Crippen molar-refractivity contribution in [1.82, 2.24) is 4.98 Å². The van der Waals surface area contributed by atoms with E-state index >= 15 is 0 Å². The SMILES string of the molecule is COC(=O)C12C3C4C1C1C2C3C41c1ccc2ccccc2n1. The fourth-order valence-electron chi connectivity index (χ4n) is 7.93. The topological polar surface area (TPSA) is 39.2 Å². The summed E-state index contributed by atoms with van der Waals surface area (Å²) in [5.74, 6) is 4.10. The maximum absolute atomic E-state index is 12.2. The molecule has 6 fully saturated rings. The Bertz CT molecular complexity index is 863. The predicted octanol–water partition coefficient (Wildman–Crippen LogP) is 2.40. The van der Waals surface area contributed by atoms with Gasteiger partial charge < -0.3 is 4.74 Å². The molecule has 0 aliphatic heterocycles. The third kappa shape index (κ3) is 0.624. The Kier molecular flexibility index (Phi) is 1.32. The van der Waals surface area contributed by atoms with Crippen molar-refractivity contribution in [3.8, 4) is 0 Å². The average molecular weight is 289 g/mol. The Morgan fingerprint density at radius 3 is 2.36 bits per heavy atom. The molecule has 0 saturated heterocycles. The van der Waals surface area contributed by atoms with E-state index < -0.39 is 0 Å². The number of rotatable bonds is 2. The molecule has 1 aromatic carbocycles. The van der Waals surface area contributed by atoms with Gasteiger partial charge in [0.05, 0.1) is 18.0 Å². The van der Waals surface area contributed by atoms with Crippen LogP contribution in [0.15, 0.2) is 36.4 Å². The number of hydrogen-bond donors (Lipinski definition) is 0. The fraction of sp³-hybridized carbons (Fsp3) is 0.474. The maximum Gasteiger partial charge on any atom is 0.312 e. The fourth-order valence-corrected chi connectivity index (χ4v) is 7.93. The van der Waals surface area contributed by atoms with Gasteiger partial charge in [0, 0.05) is 16.5 Å². The van der Waals surface area contributed by atoms with Gasteiger partial charge in [0.2, 0.25) is 0 Å². The van der Waals surface area contributed by atoms with Crippen molar-refractivity contribution in [3.05, 3.63) is 42.1 Å². The van der Waals surface area contributed by atoms with Gasteiger partial charge in [0.25, 0.3) is 0 Å². The highest BCUT2D eigenvalue weighted by Gasteiger charge is 3.12. The second-order valence-corrected chi connectivity index (χ2v) is 7.90. The molecule has 2 aromatic rings. The molecule has 6 aliphatic rings. The number of carbonyl (C=O) groups is 1. The van der Waals surface area contributed by atoms with Crippen molar-refractivity contribution in [2.24, 2.45) is 40.9 Å². The van der Waals surface area contributed by atoms with Crippen molar-refractivity contribution in [1.29, 1.82) is 0 Å². The largest absolute Gasteiger partial charge is 0.469 e. The lowest BCUT2D eigenvalue weighted by molar-refractivity contribution is -0.613. The molecule has 3 nitrogen and oxygen atoms in total. The van der Waals surface area contributed by atoms with E-state index in [-0.39, 0.29) is 11.4 Å². The van der Waals surface area contributed by atoms with Crippen LogP contribution < -0.4 is 0 Å². The first-order valence-corrected chi connectivity index (χ1v) is 8.23. The molecule has 0 unspecified atom stereocenters. The van der Waals surface area contributed by atoms with Gasteiger partial charge in [0.1, 0.15) is 0 Å². The van der Waals surface area contributed by atoms with Crippen LogP contribution in [0.1, 0.15) is 5.69 Å². The summed E-state index contributed by atoms with van der Waals surface area (Å²) in [4.78, 5) is 17.2. The summed E-state index contributed by atoms with van der Waals surface area (Å²) in [6.07, 6.45) is 0. The van der Waals surface area contributed by atoms with Gasteiger partial charge in [-0.15, -0.1) is 0 Å². The lowest BCUT2D eigenvalue weighted by Crippen LogP contribution is -3.12. The minimum atomic E-state index is -0.0344. The van der Waals surface area contributed by atoms with Crippen molar-refractivity contribution >= 4 is 16.9 Å². The van der Waals surface area contributed by atoms with E-state index in [1.54, 1.807) is 7.11 Å². The first-order valence-electron chi connectivity index (χ1n) is 8.23.